The number of benzene rings is 12. The maximum Gasteiger partial charge on any atom is 0.123 e. The summed E-state index contributed by atoms with van der Waals surface area (Å²) in [6.07, 6.45) is 0. The van der Waals surface area contributed by atoms with Gasteiger partial charge in [0.2, 0.25) is 0 Å². The van der Waals surface area contributed by atoms with Crippen LogP contribution in [0.4, 0.5) is 21.5 Å². The SMILES string of the molecule is Fc1ccc(-n2c3ccccc3c3cc(-c4ccc5c(c4)c4c6ccccc6ccc4n5-c4ccc(-c5ccc(N(c6cccc7ccccc67)c6cccc7ccccc67)cc5)cc4)ccc32)cc1. The highest BCUT2D eigenvalue weighted by molar-refractivity contribution is 6.22. The predicted octanol–water partition coefficient (Wildman–Crippen LogP) is 18.3. The molecule has 0 aliphatic carbocycles. The zero-order valence-corrected chi connectivity index (χ0v) is 38.0. The number of fused-ring (bicyclic) bond motifs is 10. The Balaban J connectivity index is 0.860. The smallest absolute Gasteiger partial charge is 0.123 e. The number of aromatic nitrogens is 2. The monoisotopic (exact) mass is 895 g/mol. The predicted molar refractivity (Wildman–Crippen MR) is 293 cm³/mol. The molecule has 2 heterocycles. The molecule has 14 rings (SSSR count). The van der Waals surface area contributed by atoms with E-state index in [4.69, 9.17) is 0 Å². The minimum absolute atomic E-state index is 0.242. The summed E-state index contributed by atoms with van der Waals surface area (Å²) in [5.41, 5.74) is 14.5. The van der Waals surface area contributed by atoms with Crippen LogP contribution in [0, 0.1) is 5.82 Å². The second kappa shape index (κ2) is 15.9. The molecule has 0 saturated heterocycles. The Hall–Kier alpha value is -9.25. The van der Waals surface area contributed by atoms with Crippen LogP contribution in [0.25, 0.3) is 110 Å². The van der Waals surface area contributed by atoms with E-state index in [1.54, 1.807) is 0 Å². The molecule has 0 bridgehead atoms. The number of hydrogen-bond donors (Lipinski definition) is 0. The summed E-state index contributed by atoms with van der Waals surface area (Å²) in [5.74, 6) is -0.242. The molecule has 4 heteroatoms. The molecule has 0 spiro atoms. The third kappa shape index (κ3) is 6.34. The summed E-state index contributed by atoms with van der Waals surface area (Å²) in [5, 5.41) is 12.1. The Labute approximate surface area is 403 Å². The van der Waals surface area contributed by atoms with E-state index in [1.807, 2.05) is 12.1 Å². The van der Waals surface area contributed by atoms with Gasteiger partial charge in [-0.1, -0.05) is 158 Å². The van der Waals surface area contributed by atoms with E-state index in [1.165, 1.54) is 60.7 Å². The number of rotatable bonds is 7. The number of para-hydroxylation sites is 1. The molecule has 328 valence electrons. The van der Waals surface area contributed by atoms with Gasteiger partial charge in [-0.25, -0.2) is 4.39 Å². The van der Waals surface area contributed by atoms with Crippen LogP contribution in [-0.2, 0) is 0 Å². The average molecular weight is 896 g/mol. The number of nitrogens with zero attached hydrogens (tertiary/aromatic N) is 3. The van der Waals surface area contributed by atoms with Crippen molar-refractivity contribution in [3.8, 4) is 33.6 Å². The molecule has 0 radical (unpaired) electrons. The van der Waals surface area contributed by atoms with Crippen molar-refractivity contribution in [1.82, 2.24) is 9.13 Å². The van der Waals surface area contributed by atoms with Crippen molar-refractivity contribution in [2.75, 3.05) is 4.90 Å². The molecule has 70 heavy (non-hydrogen) atoms. The van der Waals surface area contributed by atoms with E-state index >= 15 is 0 Å². The Bertz CT molecular complexity index is 4260. The third-order valence-electron chi connectivity index (χ3n) is 14.3. The molecule has 3 nitrogen and oxygen atoms in total. The van der Waals surface area contributed by atoms with Crippen LogP contribution in [0.1, 0.15) is 0 Å². The zero-order valence-electron chi connectivity index (χ0n) is 38.0. The van der Waals surface area contributed by atoms with E-state index in [0.717, 1.165) is 78.0 Å². The van der Waals surface area contributed by atoms with Crippen LogP contribution in [0.5, 0.6) is 0 Å². The van der Waals surface area contributed by atoms with Gasteiger partial charge in [0.25, 0.3) is 0 Å². The minimum Gasteiger partial charge on any atom is -0.309 e. The van der Waals surface area contributed by atoms with Crippen molar-refractivity contribution in [2.45, 2.75) is 0 Å². The first-order chi connectivity index (χ1) is 34.6. The average Bonchev–Trinajstić information content (AvgIpc) is 3.94. The molecular formula is C66H42FN3. The van der Waals surface area contributed by atoms with Gasteiger partial charge in [0, 0.05) is 49.4 Å². The van der Waals surface area contributed by atoms with E-state index in [-0.39, 0.29) is 5.82 Å². The van der Waals surface area contributed by atoms with E-state index in [0.29, 0.717) is 0 Å². The van der Waals surface area contributed by atoms with Crippen LogP contribution < -0.4 is 4.90 Å². The van der Waals surface area contributed by atoms with Gasteiger partial charge >= 0.3 is 0 Å². The van der Waals surface area contributed by atoms with Crippen molar-refractivity contribution in [2.24, 2.45) is 0 Å². The molecule has 0 fully saturated rings. The molecule has 0 aliphatic rings. The summed E-state index contributed by atoms with van der Waals surface area (Å²) in [6, 6.07) is 90.6. The van der Waals surface area contributed by atoms with Crippen molar-refractivity contribution < 1.29 is 4.39 Å². The zero-order chi connectivity index (χ0) is 46.3. The first-order valence-electron chi connectivity index (χ1n) is 23.8. The van der Waals surface area contributed by atoms with Gasteiger partial charge in [0.05, 0.1) is 33.4 Å². The lowest BCUT2D eigenvalue weighted by Crippen LogP contribution is -2.11. The normalized spacial score (nSPS) is 11.8. The summed E-state index contributed by atoms with van der Waals surface area (Å²) in [6.45, 7) is 0. The summed E-state index contributed by atoms with van der Waals surface area (Å²) < 4.78 is 18.7. The molecular weight excluding hydrogens is 854 g/mol. The fraction of sp³-hybridized carbons (Fsp3) is 0. The highest BCUT2D eigenvalue weighted by Crippen LogP contribution is 2.44. The molecule has 14 aromatic rings. The molecule has 0 N–H and O–H groups in total. The molecule has 0 unspecified atom stereocenters. The van der Waals surface area contributed by atoms with Crippen molar-refractivity contribution in [3.05, 3.63) is 261 Å². The minimum atomic E-state index is -0.242. The van der Waals surface area contributed by atoms with Gasteiger partial charge in [0.1, 0.15) is 5.82 Å². The van der Waals surface area contributed by atoms with Crippen molar-refractivity contribution in [1.29, 1.82) is 0 Å². The van der Waals surface area contributed by atoms with Gasteiger partial charge in [-0.15, -0.1) is 0 Å². The number of halogens is 1. The van der Waals surface area contributed by atoms with Crippen LogP contribution in [0.2, 0.25) is 0 Å². The molecule has 12 aromatic carbocycles. The van der Waals surface area contributed by atoms with Crippen LogP contribution in [0.15, 0.2) is 255 Å². The van der Waals surface area contributed by atoms with Crippen LogP contribution in [-0.4, -0.2) is 9.13 Å². The largest absolute Gasteiger partial charge is 0.309 e. The summed E-state index contributed by atoms with van der Waals surface area (Å²) in [4.78, 5) is 2.40. The van der Waals surface area contributed by atoms with E-state index in [9.17, 15) is 4.39 Å². The lowest BCUT2D eigenvalue weighted by molar-refractivity contribution is 0.627. The van der Waals surface area contributed by atoms with Gasteiger partial charge in [-0.3, -0.25) is 0 Å². The first kappa shape index (κ1) is 39.9. The molecule has 2 aromatic heterocycles. The van der Waals surface area contributed by atoms with Crippen molar-refractivity contribution >= 4 is 93.0 Å². The highest BCUT2D eigenvalue weighted by atomic mass is 19.1. The fourth-order valence-corrected chi connectivity index (χ4v) is 11.1. The Morgan fingerprint density at radius 2 is 0.714 bits per heavy atom. The first-order valence-corrected chi connectivity index (χ1v) is 23.8. The Morgan fingerprint density at radius 1 is 0.286 bits per heavy atom. The van der Waals surface area contributed by atoms with Crippen LogP contribution in [0.3, 0.4) is 0 Å². The van der Waals surface area contributed by atoms with Gasteiger partial charge in [-0.2, -0.15) is 0 Å². The maximum atomic E-state index is 14.0. The fourth-order valence-electron chi connectivity index (χ4n) is 11.1. The summed E-state index contributed by atoms with van der Waals surface area (Å²) >= 11 is 0. The summed E-state index contributed by atoms with van der Waals surface area (Å²) in [7, 11) is 0. The molecule has 0 aliphatic heterocycles. The number of anilines is 3. The molecule has 0 atom stereocenters. The van der Waals surface area contributed by atoms with Gasteiger partial charge in [0.15, 0.2) is 0 Å². The molecule has 0 saturated carbocycles. The van der Waals surface area contributed by atoms with Gasteiger partial charge in [-0.05, 0) is 141 Å². The van der Waals surface area contributed by atoms with Crippen molar-refractivity contribution in [3.63, 3.8) is 0 Å². The van der Waals surface area contributed by atoms with E-state index < -0.39 is 0 Å². The Kier molecular flexibility index (Phi) is 9.08. The standard InChI is InChI=1S/C66H42FN3/c67-50-30-36-53(37-31-50)69-62-20-8-7-19-57(62)58-41-48(28-38-63(58)69)49-29-39-64-59(42-49)66-56-18-6-3-13-47(56)27-40-65(66)70(64)52-34-25-44(26-35-52)43-23-32-51(33-24-43)68(60-21-9-14-45-11-1-4-16-54(45)60)61-22-10-15-46-12-2-5-17-55(46)61/h1-42H. The number of hydrogen-bond acceptors (Lipinski definition) is 1. The second-order valence-electron chi connectivity index (χ2n) is 18.2. The van der Waals surface area contributed by atoms with Crippen LogP contribution >= 0.6 is 0 Å². The highest BCUT2D eigenvalue weighted by Gasteiger charge is 2.20. The third-order valence-corrected chi connectivity index (χ3v) is 14.3. The topological polar surface area (TPSA) is 13.1 Å². The lowest BCUT2D eigenvalue weighted by atomic mass is 9.99. The van der Waals surface area contributed by atoms with E-state index in [2.05, 4.69) is 245 Å². The Morgan fingerprint density at radius 3 is 1.34 bits per heavy atom. The lowest BCUT2D eigenvalue weighted by Gasteiger charge is -2.28. The molecule has 0 amide bonds. The quantitative estimate of drug-likeness (QED) is 0.155. The van der Waals surface area contributed by atoms with Gasteiger partial charge < -0.3 is 14.0 Å². The second-order valence-corrected chi connectivity index (χ2v) is 18.2. The maximum absolute atomic E-state index is 14.0.